The smallest absolute Gasteiger partial charge is 0.372 e. The Morgan fingerprint density at radius 3 is 1.88 bits per heavy atom. The van der Waals surface area contributed by atoms with Crippen molar-refractivity contribution in [2.24, 2.45) is 0 Å². The summed E-state index contributed by atoms with van der Waals surface area (Å²) in [6.07, 6.45) is 3.82. The van der Waals surface area contributed by atoms with Gasteiger partial charge in [0.1, 0.15) is 13.2 Å². The zero-order valence-electron chi connectivity index (χ0n) is 14.1. The summed E-state index contributed by atoms with van der Waals surface area (Å²) < 4.78 is 14.9. The molecule has 0 unspecified atom stereocenters. The number of Topliss-reactive ketones (excluding diaryl/α,β-unsaturated/α-hetero) is 1. The summed E-state index contributed by atoms with van der Waals surface area (Å²) in [6.45, 7) is 2.57. The van der Waals surface area contributed by atoms with Gasteiger partial charge in [0.2, 0.25) is 5.78 Å². The first-order valence-corrected chi connectivity index (χ1v) is 8.12. The summed E-state index contributed by atoms with van der Waals surface area (Å²) in [6, 6.07) is 0. The van der Waals surface area contributed by atoms with Crippen LogP contribution in [0.5, 0.6) is 0 Å². The van der Waals surface area contributed by atoms with Crippen LogP contribution in [0, 0.1) is 0 Å². The summed E-state index contributed by atoms with van der Waals surface area (Å²) in [5.74, 6) is -3.50. The van der Waals surface area contributed by atoms with Crippen LogP contribution >= 0.6 is 0 Å². The number of aliphatic carboxylic acids is 1. The van der Waals surface area contributed by atoms with E-state index in [4.69, 9.17) is 19.3 Å². The van der Waals surface area contributed by atoms with E-state index in [1.54, 1.807) is 0 Å². The highest BCUT2D eigenvalue weighted by atomic mass is 16.6. The molecule has 0 aliphatic heterocycles. The van der Waals surface area contributed by atoms with E-state index in [1.165, 1.54) is 0 Å². The van der Waals surface area contributed by atoms with Gasteiger partial charge in [0.05, 0.1) is 19.6 Å². The molecule has 0 saturated heterocycles. The van der Waals surface area contributed by atoms with E-state index in [0.29, 0.717) is 6.42 Å². The molecule has 138 valence electrons. The number of rotatable bonds is 15. The second kappa shape index (κ2) is 14.6. The van der Waals surface area contributed by atoms with Gasteiger partial charge >= 0.3 is 17.9 Å². The van der Waals surface area contributed by atoms with Crippen molar-refractivity contribution in [1.82, 2.24) is 0 Å². The van der Waals surface area contributed by atoms with Crippen LogP contribution in [0.2, 0.25) is 0 Å². The maximum atomic E-state index is 11.3. The van der Waals surface area contributed by atoms with Gasteiger partial charge in [-0.05, 0) is 6.42 Å². The standard InChI is InChI=1S/C16H26O8/c1-2-3-4-5-6-14(18)23-11-9-22-10-12-24-15(19)8-7-13(17)16(20)21/h2-12H2,1H3,(H,20,21). The molecule has 0 radical (unpaired) electrons. The lowest BCUT2D eigenvalue weighted by atomic mass is 10.2. The monoisotopic (exact) mass is 346 g/mol. The van der Waals surface area contributed by atoms with E-state index in [-0.39, 0.29) is 45.2 Å². The quantitative estimate of drug-likeness (QED) is 0.269. The van der Waals surface area contributed by atoms with Crippen molar-refractivity contribution in [2.75, 3.05) is 26.4 Å². The van der Waals surface area contributed by atoms with Crippen molar-refractivity contribution < 1.29 is 38.5 Å². The molecule has 0 spiro atoms. The first-order chi connectivity index (χ1) is 11.5. The van der Waals surface area contributed by atoms with Crippen LogP contribution in [0.3, 0.4) is 0 Å². The minimum atomic E-state index is -1.56. The molecule has 8 nitrogen and oxygen atoms in total. The molecular formula is C16H26O8. The summed E-state index contributed by atoms with van der Waals surface area (Å²) in [4.78, 5) is 43.6. The number of hydrogen-bond donors (Lipinski definition) is 1. The molecule has 0 fully saturated rings. The van der Waals surface area contributed by atoms with Crippen LogP contribution in [0.15, 0.2) is 0 Å². The van der Waals surface area contributed by atoms with Gasteiger partial charge in [0, 0.05) is 12.8 Å². The highest BCUT2D eigenvalue weighted by molar-refractivity contribution is 6.32. The lowest BCUT2D eigenvalue weighted by molar-refractivity contribution is -0.151. The molecule has 0 atom stereocenters. The third-order valence-electron chi connectivity index (χ3n) is 3.01. The van der Waals surface area contributed by atoms with Crippen LogP contribution in [-0.2, 0) is 33.4 Å². The molecule has 0 aromatic rings. The predicted molar refractivity (Wildman–Crippen MR) is 83.4 cm³/mol. The number of ether oxygens (including phenoxy) is 3. The number of carboxylic acids is 1. The molecule has 0 aromatic carbocycles. The van der Waals surface area contributed by atoms with Gasteiger partial charge in [-0.1, -0.05) is 26.2 Å². The van der Waals surface area contributed by atoms with Crippen LogP contribution in [0.1, 0.15) is 51.9 Å². The number of esters is 2. The second-order valence-electron chi connectivity index (χ2n) is 5.09. The van der Waals surface area contributed by atoms with Crippen LogP contribution in [0.4, 0.5) is 0 Å². The molecular weight excluding hydrogens is 320 g/mol. The SMILES string of the molecule is CCCCCCC(=O)OCCOCCOC(=O)CCC(=O)C(=O)O. The summed E-state index contributed by atoms with van der Waals surface area (Å²) >= 11 is 0. The van der Waals surface area contributed by atoms with Gasteiger partial charge in [-0.3, -0.25) is 14.4 Å². The normalized spacial score (nSPS) is 10.2. The average molecular weight is 346 g/mol. The molecule has 24 heavy (non-hydrogen) atoms. The maximum Gasteiger partial charge on any atom is 0.372 e. The minimum absolute atomic E-state index is 0.00887. The lowest BCUT2D eigenvalue weighted by Crippen LogP contribution is -2.17. The van der Waals surface area contributed by atoms with Gasteiger partial charge in [0.25, 0.3) is 0 Å². The van der Waals surface area contributed by atoms with Crippen LogP contribution in [-0.4, -0.2) is 55.2 Å². The van der Waals surface area contributed by atoms with E-state index < -0.39 is 17.7 Å². The molecule has 1 N–H and O–H groups in total. The molecule has 0 aromatic heterocycles. The van der Waals surface area contributed by atoms with Crippen molar-refractivity contribution in [3.8, 4) is 0 Å². The third-order valence-corrected chi connectivity index (χ3v) is 3.01. The summed E-state index contributed by atoms with van der Waals surface area (Å²) in [5.41, 5.74) is 0. The summed E-state index contributed by atoms with van der Waals surface area (Å²) in [7, 11) is 0. The topological polar surface area (TPSA) is 116 Å². The first-order valence-electron chi connectivity index (χ1n) is 8.12. The molecule has 8 heteroatoms. The van der Waals surface area contributed by atoms with Crippen LogP contribution < -0.4 is 0 Å². The van der Waals surface area contributed by atoms with Crippen molar-refractivity contribution in [3.63, 3.8) is 0 Å². The number of hydrogen-bond acceptors (Lipinski definition) is 7. The Balaban J connectivity index is 3.41. The Kier molecular flexibility index (Phi) is 13.4. The minimum Gasteiger partial charge on any atom is -0.476 e. The first kappa shape index (κ1) is 22.0. The highest BCUT2D eigenvalue weighted by Crippen LogP contribution is 2.03. The Bertz CT molecular complexity index is 405. The van der Waals surface area contributed by atoms with Gasteiger partial charge in [-0.25, -0.2) is 4.79 Å². The Hall–Kier alpha value is -1.96. The van der Waals surface area contributed by atoms with E-state index >= 15 is 0 Å². The number of carbonyl (C=O) groups is 4. The van der Waals surface area contributed by atoms with E-state index in [9.17, 15) is 19.2 Å². The molecule has 0 saturated carbocycles. The predicted octanol–water partition coefficient (Wildman–Crippen LogP) is 1.49. The zero-order chi connectivity index (χ0) is 18.2. The van der Waals surface area contributed by atoms with Crippen molar-refractivity contribution in [2.45, 2.75) is 51.9 Å². The molecule has 0 aliphatic rings. The maximum absolute atomic E-state index is 11.3. The van der Waals surface area contributed by atoms with Gasteiger partial charge < -0.3 is 19.3 Å². The number of carbonyl (C=O) groups excluding carboxylic acids is 3. The molecule has 0 amide bonds. The average Bonchev–Trinajstić information content (AvgIpc) is 2.55. The molecule has 0 aliphatic carbocycles. The highest BCUT2D eigenvalue weighted by Gasteiger charge is 2.14. The molecule has 0 bridgehead atoms. The Labute approximate surface area is 141 Å². The van der Waals surface area contributed by atoms with Gasteiger partial charge in [0.15, 0.2) is 0 Å². The largest absolute Gasteiger partial charge is 0.476 e. The number of ketones is 1. The molecule has 0 rings (SSSR count). The third kappa shape index (κ3) is 13.7. The van der Waals surface area contributed by atoms with E-state index in [0.717, 1.165) is 25.7 Å². The number of unbranched alkanes of at least 4 members (excludes halogenated alkanes) is 3. The van der Waals surface area contributed by atoms with Gasteiger partial charge in [-0.2, -0.15) is 0 Å². The Morgan fingerprint density at radius 2 is 1.33 bits per heavy atom. The molecule has 0 heterocycles. The fraction of sp³-hybridized carbons (Fsp3) is 0.750. The fourth-order valence-corrected chi connectivity index (χ4v) is 1.69. The van der Waals surface area contributed by atoms with Gasteiger partial charge in [-0.15, -0.1) is 0 Å². The van der Waals surface area contributed by atoms with E-state index in [2.05, 4.69) is 6.92 Å². The van der Waals surface area contributed by atoms with Crippen molar-refractivity contribution >= 4 is 23.7 Å². The number of carboxylic acid groups (broad SMARTS) is 1. The van der Waals surface area contributed by atoms with E-state index in [1.807, 2.05) is 0 Å². The van der Waals surface area contributed by atoms with Crippen molar-refractivity contribution in [1.29, 1.82) is 0 Å². The second-order valence-corrected chi connectivity index (χ2v) is 5.09. The summed E-state index contributed by atoms with van der Waals surface area (Å²) in [5, 5.41) is 8.34. The van der Waals surface area contributed by atoms with Crippen LogP contribution in [0.25, 0.3) is 0 Å². The lowest BCUT2D eigenvalue weighted by Gasteiger charge is -2.07. The van der Waals surface area contributed by atoms with Crippen molar-refractivity contribution in [3.05, 3.63) is 0 Å². The fourth-order valence-electron chi connectivity index (χ4n) is 1.69. The zero-order valence-corrected chi connectivity index (χ0v) is 14.1. The Morgan fingerprint density at radius 1 is 0.750 bits per heavy atom.